The van der Waals surface area contributed by atoms with Gasteiger partial charge >= 0.3 is 0 Å². The van der Waals surface area contributed by atoms with E-state index >= 15 is 0 Å². The highest BCUT2D eigenvalue weighted by atomic mass is 35.5. The molecule has 0 aliphatic heterocycles. The van der Waals surface area contributed by atoms with Crippen molar-refractivity contribution in [2.75, 3.05) is 5.32 Å². The Morgan fingerprint density at radius 1 is 1.17 bits per heavy atom. The lowest BCUT2D eigenvalue weighted by atomic mass is 10.2. The first-order valence-electron chi connectivity index (χ1n) is 9.31. The summed E-state index contributed by atoms with van der Waals surface area (Å²) in [6.45, 7) is 6.84. The van der Waals surface area contributed by atoms with Crippen LogP contribution in [0.1, 0.15) is 25.2 Å². The molecule has 152 valence electrons. The Bertz CT molecular complexity index is 958. The molecule has 1 unspecified atom stereocenters. The maximum atomic E-state index is 12.5. The molecule has 1 heterocycles. The van der Waals surface area contributed by atoms with E-state index in [9.17, 15) is 4.79 Å². The summed E-state index contributed by atoms with van der Waals surface area (Å²) >= 11 is 7.27. The van der Waals surface area contributed by atoms with Crippen molar-refractivity contribution in [2.24, 2.45) is 0 Å². The van der Waals surface area contributed by atoms with Gasteiger partial charge in [0.25, 0.3) is 0 Å². The molecule has 29 heavy (non-hydrogen) atoms. The number of amides is 1. The number of aromatic nitrogens is 3. The van der Waals surface area contributed by atoms with Crippen molar-refractivity contribution >= 4 is 35.0 Å². The fourth-order valence-corrected chi connectivity index (χ4v) is 3.66. The van der Waals surface area contributed by atoms with E-state index < -0.39 is 0 Å². The van der Waals surface area contributed by atoms with E-state index in [1.807, 2.05) is 61.7 Å². The van der Waals surface area contributed by atoms with Gasteiger partial charge in [-0.05, 0) is 57.2 Å². The van der Waals surface area contributed by atoms with Crippen LogP contribution in [0.15, 0.2) is 53.7 Å². The average Bonchev–Trinajstić information content (AvgIpc) is 3.10. The molecular weight excluding hydrogens is 408 g/mol. The number of hydrogen-bond acceptors (Lipinski definition) is 5. The van der Waals surface area contributed by atoms with Gasteiger partial charge in [0.15, 0.2) is 11.0 Å². The Hall–Kier alpha value is -2.51. The second-order valence-electron chi connectivity index (χ2n) is 6.50. The molecule has 1 atom stereocenters. The van der Waals surface area contributed by atoms with Crippen molar-refractivity contribution in [3.63, 3.8) is 0 Å². The number of carbonyl (C=O) groups excluding carboxylic acids is 1. The fraction of sp³-hybridized carbons (Fsp3) is 0.286. The number of thioether (sulfide) groups is 1. The Morgan fingerprint density at radius 2 is 1.86 bits per heavy atom. The maximum Gasteiger partial charge on any atom is 0.237 e. The Kier molecular flexibility index (Phi) is 7.17. The van der Waals surface area contributed by atoms with Crippen molar-refractivity contribution < 1.29 is 9.53 Å². The lowest BCUT2D eigenvalue weighted by Crippen LogP contribution is -2.23. The number of ether oxygens (including phenoxy) is 1. The fourth-order valence-electron chi connectivity index (χ4n) is 2.60. The number of nitrogens with one attached hydrogen (secondary N) is 1. The first-order valence-corrected chi connectivity index (χ1v) is 10.6. The van der Waals surface area contributed by atoms with E-state index in [0.717, 1.165) is 11.3 Å². The SMILES string of the molecule is CCn1c(COc2ccc(Cl)cc2)nnc1SC(C)C(=O)Nc1ccc(C)cc1. The second kappa shape index (κ2) is 9.80. The summed E-state index contributed by atoms with van der Waals surface area (Å²) in [4.78, 5) is 12.5. The summed E-state index contributed by atoms with van der Waals surface area (Å²) in [5, 5.41) is 12.4. The summed E-state index contributed by atoms with van der Waals surface area (Å²) in [6.07, 6.45) is 0. The van der Waals surface area contributed by atoms with Crippen molar-refractivity contribution in [1.82, 2.24) is 14.8 Å². The predicted molar refractivity (Wildman–Crippen MR) is 117 cm³/mol. The van der Waals surface area contributed by atoms with Crippen LogP contribution in [0.3, 0.4) is 0 Å². The molecule has 1 N–H and O–H groups in total. The third kappa shape index (κ3) is 5.74. The van der Waals surface area contributed by atoms with Crippen LogP contribution in [0.5, 0.6) is 5.75 Å². The molecule has 0 aliphatic rings. The van der Waals surface area contributed by atoms with Crippen LogP contribution in [0.2, 0.25) is 5.02 Å². The van der Waals surface area contributed by atoms with Gasteiger partial charge in [-0.2, -0.15) is 0 Å². The predicted octanol–water partition coefficient (Wildman–Crippen LogP) is 4.96. The van der Waals surface area contributed by atoms with Crippen molar-refractivity contribution in [2.45, 2.75) is 44.3 Å². The van der Waals surface area contributed by atoms with Crippen LogP contribution in [0.4, 0.5) is 5.69 Å². The normalized spacial score (nSPS) is 11.9. The summed E-state index contributed by atoms with van der Waals surface area (Å²) in [7, 11) is 0. The van der Waals surface area contributed by atoms with Crippen LogP contribution >= 0.6 is 23.4 Å². The van der Waals surface area contributed by atoms with Crippen LogP contribution < -0.4 is 10.1 Å². The van der Waals surface area contributed by atoms with Crippen LogP contribution in [-0.4, -0.2) is 25.9 Å². The first kappa shape index (κ1) is 21.2. The number of nitrogens with zero attached hydrogens (tertiary/aromatic N) is 3. The second-order valence-corrected chi connectivity index (χ2v) is 8.25. The Morgan fingerprint density at radius 3 is 2.52 bits per heavy atom. The van der Waals surface area contributed by atoms with Crippen molar-refractivity contribution in [1.29, 1.82) is 0 Å². The number of benzene rings is 2. The smallest absolute Gasteiger partial charge is 0.237 e. The standard InChI is InChI=1S/C21H23ClN4O2S/c1-4-26-19(13-28-18-11-7-16(22)8-12-18)24-25-21(26)29-15(3)20(27)23-17-9-5-14(2)6-10-17/h5-12,15H,4,13H2,1-3H3,(H,23,27). The van der Waals surface area contributed by atoms with E-state index in [4.69, 9.17) is 16.3 Å². The molecule has 0 saturated carbocycles. The molecule has 0 bridgehead atoms. The van der Waals surface area contributed by atoms with Gasteiger partial charge in [0.05, 0.1) is 5.25 Å². The molecule has 0 saturated heterocycles. The zero-order valence-electron chi connectivity index (χ0n) is 16.6. The van der Waals surface area contributed by atoms with Gasteiger partial charge in [-0.25, -0.2) is 0 Å². The number of carbonyl (C=O) groups is 1. The third-order valence-corrected chi connectivity index (χ3v) is 5.59. The van der Waals surface area contributed by atoms with Gasteiger partial charge in [0.1, 0.15) is 12.4 Å². The molecule has 1 amide bonds. The lowest BCUT2D eigenvalue weighted by molar-refractivity contribution is -0.115. The Balaban J connectivity index is 1.61. The number of anilines is 1. The van der Waals surface area contributed by atoms with E-state index in [1.54, 1.807) is 12.1 Å². The number of aryl methyl sites for hydroxylation is 1. The third-order valence-electron chi connectivity index (χ3n) is 4.26. The summed E-state index contributed by atoms with van der Waals surface area (Å²) in [5.41, 5.74) is 1.93. The minimum atomic E-state index is -0.323. The molecule has 0 spiro atoms. The van der Waals surface area contributed by atoms with Crippen LogP contribution in [0, 0.1) is 6.92 Å². The summed E-state index contributed by atoms with van der Waals surface area (Å²) in [6, 6.07) is 14.9. The quantitative estimate of drug-likeness (QED) is 0.511. The van der Waals surface area contributed by atoms with Gasteiger partial charge in [0, 0.05) is 17.3 Å². The summed E-state index contributed by atoms with van der Waals surface area (Å²) in [5.74, 6) is 1.33. The van der Waals surface area contributed by atoms with E-state index in [-0.39, 0.29) is 17.8 Å². The molecule has 3 rings (SSSR count). The average molecular weight is 431 g/mol. The highest BCUT2D eigenvalue weighted by Gasteiger charge is 2.20. The number of rotatable bonds is 8. The van der Waals surface area contributed by atoms with Crippen molar-refractivity contribution in [3.8, 4) is 5.75 Å². The van der Waals surface area contributed by atoms with Crippen LogP contribution in [0.25, 0.3) is 0 Å². The highest BCUT2D eigenvalue weighted by molar-refractivity contribution is 8.00. The van der Waals surface area contributed by atoms with Gasteiger partial charge in [-0.1, -0.05) is 41.1 Å². The number of hydrogen-bond donors (Lipinski definition) is 1. The van der Waals surface area contributed by atoms with Crippen LogP contribution in [-0.2, 0) is 17.9 Å². The molecule has 8 heteroatoms. The topological polar surface area (TPSA) is 69.0 Å². The monoisotopic (exact) mass is 430 g/mol. The van der Waals surface area contributed by atoms with Gasteiger partial charge in [-0.15, -0.1) is 10.2 Å². The minimum absolute atomic E-state index is 0.0801. The molecule has 6 nitrogen and oxygen atoms in total. The highest BCUT2D eigenvalue weighted by Crippen LogP contribution is 2.24. The molecule has 3 aromatic rings. The van der Waals surface area contributed by atoms with Crippen molar-refractivity contribution in [3.05, 3.63) is 64.9 Å². The van der Waals surface area contributed by atoms with E-state index in [2.05, 4.69) is 15.5 Å². The van der Waals surface area contributed by atoms with Gasteiger partial charge in [0.2, 0.25) is 5.91 Å². The Labute approximate surface area is 179 Å². The van der Waals surface area contributed by atoms with Gasteiger partial charge in [-0.3, -0.25) is 4.79 Å². The lowest BCUT2D eigenvalue weighted by Gasteiger charge is -2.13. The van der Waals surface area contributed by atoms with Gasteiger partial charge < -0.3 is 14.6 Å². The minimum Gasteiger partial charge on any atom is -0.486 e. The summed E-state index contributed by atoms with van der Waals surface area (Å²) < 4.78 is 7.73. The zero-order chi connectivity index (χ0) is 20.8. The molecule has 0 fully saturated rings. The molecule has 2 aromatic carbocycles. The zero-order valence-corrected chi connectivity index (χ0v) is 18.1. The molecular formula is C21H23ClN4O2S. The van der Waals surface area contributed by atoms with E-state index in [0.29, 0.717) is 28.3 Å². The van der Waals surface area contributed by atoms with E-state index in [1.165, 1.54) is 11.8 Å². The first-order chi connectivity index (χ1) is 14.0. The molecule has 0 aliphatic carbocycles. The maximum absolute atomic E-state index is 12.5. The number of halogens is 1. The largest absolute Gasteiger partial charge is 0.486 e. The molecule has 1 aromatic heterocycles. The molecule has 0 radical (unpaired) electrons.